The molecule has 0 unspecified atom stereocenters. The highest BCUT2D eigenvalue weighted by molar-refractivity contribution is 7.92. The first-order valence-corrected chi connectivity index (χ1v) is 11.4. The van der Waals surface area contributed by atoms with Crippen molar-refractivity contribution >= 4 is 38.9 Å². The van der Waals surface area contributed by atoms with Crippen LogP contribution >= 0.6 is 0 Å². The number of nitrogens with one attached hydrogen (secondary N) is 3. The van der Waals surface area contributed by atoms with Gasteiger partial charge in [-0.15, -0.1) is 0 Å². The van der Waals surface area contributed by atoms with Gasteiger partial charge in [-0.2, -0.15) is 0 Å². The molecule has 9 heteroatoms. The number of para-hydroxylation sites is 1. The van der Waals surface area contributed by atoms with E-state index >= 15 is 0 Å². The fraction of sp³-hybridized carbons (Fsp3) is 0.130. The number of rotatable bonds is 7. The normalized spacial score (nSPS) is 13.3. The van der Waals surface area contributed by atoms with Crippen LogP contribution in [0.25, 0.3) is 0 Å². The summed E-state index contributed by atoms with van der Waals surface area (Å²) >= 11 is 0. The van der Waals surface area contributed by atoms with Gasteiger partial charge >= 0.3 is 0 Å². The van der Waals surface area contributed by atoms with E-state index in [4.69, 9.17) is 0 Å². The van der Waals surface area contributed by atoms with Crippen molar-refractivity contribution in [2.75, 3.05) is 15.4 Å². The minimum atomic E-state index is -4.03. The predicted octanol–water partition coefficient (Wildman–Crippen LogP) is 4.23. The molecule has 0 spiro atoms. The molecule has 1 aliphatic rings. The second-order valence-corrected chi connectivity index (χ2v) is 9.09. The maximum absolute atomic E-state index is 13.1. The first-order chi connectivity index (χ1) is 15.3. The van der Waals surface area contributed by atoms with E-state index in [0.29, 0.717) is 11.4 Å². The molecule has 7 nitrogen and oxygen atoms in total. The standard InChI is InChI=1S/C23H20FN3O4S/c24-16-10-12-19(13-11-16)32(30,31)27-21-7-2-1-6-20(21)23(29)26-18-5-3-4-17(14-18)25-22(28)15-8-9-15/h1-7,10-15,27H,8-9H2,(H,25,28)(H,26,29). The van der Waals surface area contributed by atoms with Crippen LogP contribution in [0.2, 0.25) is 0 Å². The zero-order valence-corrected chi connectivity index (χ0v) is 17.7. The Hall–Kier alpha value is -3.72. The van der Waals surface area contributed by atoms with Gasteiger partial charge in [-0.25, -0.2) is 12.8 Å². The molecule has 32 heavy (non-hydrogen) atoms. The van der Waals surface area contributed by atoms with Crippen LogP contribution in [0.3, 0.4) is 0 Å². The molecule has 164 valence electrons. The Morgan fingerprint density at radius 3 is 2.19 bits per heavy atom. The molecule has 0 saturated heterocycles. The van der Waals surface area contributed by atoms with E-state index < -0.39 is 21.7 Å². The summed E-state index contributed by atoms with van der Waals surface area (Å²) in [6, 6.07) is 17.2. The molecule has 1 saturated carbocycles. The van der Waals surface area contributed by atoms with E-state index in [9.17, 15) is 22.4 Å². The first kappa shape index (κ1) is 21.5. The first-order valence-electron chi connectivity index (χ1n) is 9.91. The van der Waals surface area contributed by atoms with Crippen molar-refractivity contribution in [2.24, 2.45) is 5.92 Å². The smallest absolute Gasteiger partial charge is 0.261 e. The molecular formula is C23H20FN3O4S. The largest absolute Gasteiger partial charge is 0.326 e. The van der Waals surface area contributed by atoms with Crippen LogP contribution in [0.5, 0.6) is 0 Å². The molecule has 0 heterocycles. The van der Waals surface area contributed by atoms with Crippen molar-refractivity contribution in [1.29, 1.82) is 0 Å². The Balaban J connectivity index is 1.51. The lowest BCUT2D eigenvalue weighted by Gasteiger charge is -2.13. The van der Waals surface area contributed by atoms with E-state index in [1.165, 1.54) is 12.1 Å². The van der Waals surface area contributed by atoms with E-state index in [1.807, 2.05) is 0 Å². The second-order valence-electron chi connectivity index (χ2n) is 7.40. The number of hydrogen-bond acceptors (Lipinski definition) is 4. The highest BCUT2D eigenvalue weighted by Gasteiger charge is 2.29. The summed E-state index contributed by atoms with van der Waals surface area (Å²) in [6.07, 6.45) is 1.76. The number of carbonyl (C=O) groups is 2. The molecule has 3 aromatic rings. The topological polar surface area (TPSA) is 104 Å². The highest BCUT2D eigenvalue weighted by Crippen LogP contribution is 2.30. The minimum absolute atomic E-state index is 0.0472. The van der Waals surface area contributed by atoms with Gasteiger partial charge < -0.3 is 10.6 Å². The van der Waals surface area contributed by atoms with Gasteiger partial charge in [0.15, 0.2) is 0 Å². The van der Waals surface area contributed by atoms with Gasteiger partial charge in [0, 0.05) is 17.3 Å². The lowest BCUT2D eigenvalue weighted by Crippen LogP contribution is -2.19. The molecular weight excluding hydrogens is 433 g/mol. The molecule has 4 rings (SSSR count). The van der Waals surface area contributed by atoms with E-state index in [1.54, 1.807) is 36.4 Å². The summed E-state index contributed by atoms with van der Waals surface area (Å²) in [7, 11) is -4.03. The van der Waals surface area contributed by atoms with Crippen molar-refractivity contribution in [3.05, 3.63) is 84.2 Å². The zero-order valence-electron chi connectivity index (χ0n) is 16.8. The maximum atomic E-state index is 13.1. The third-order valence-corrected chi connectivity index (χ3v) is 6.26. The van der Waals surface area contributed by atoms with Crippen molar-refractivity contribution in [3.63, 3.8) is 0 Å². The number of sulfonamides is 1. The second kappa shape index (κ2) is 8.80. The summed E-state index contributed by atoms with van der Waals surface area (Å²) in [5, 5.41) is 5.53. The molecule has 2 amide bonds. The van der Waals surface area contributed by atoms with Crippen LogP contribution in [-0.4, -0.2) is 20.2 Å². The van der Waals surface area contributed by atoms with E-state index in [-0.39, 0.29) is 28.0 Å². The van der Waals surface area contributed by atoms with Gasteiger partial charge in [0.05, 0.1) is 16.1 Å². The summed E-state index contributed by atoms with van der Waals surface area (Å²) in [5.41, 5.74) is 1.18. The SMILES string of the molecule is O=C(Nc1cccc(NC(=O)C2CC2)c1)c1ccccc1NS(=O)(=O)c1ccc(F)cc1. The third kappa shape index (κ3) is 5.12. The van der Waals surface area contributed by atoms with Gasteiger partial charge in [0.2, 0.25) is 5.91 Å². The quantitative estimate of drug-likeness (QED) is 0.498. The zero-order chi connectivity index (χ0) is 22.7. The van der Waals surface area contributed by atoms with Crippen LogP contribution in [0.15, 0.2) is 77.7 Å². The lowest BCUT2D eigenvalue weighted by molar-refractivity contribution is -0.117. The summed E-state index contributed by atoms with van der Waals surface area (Å²) in [5.74, 6) is -1.09. The van der Waals surface area contributed by atoms with Gasteiger partial charge in [-0.3, -0.25) is 14.3 Å². The number of halogens is 1. The minimum Gasteiger partial charge on any atom is -0.326 e. The van der Waals surface area contributed by atoms with Crippen LogP contribution in [0.4, 0.5) is 21.5 Å². The third-order valence-electron chi connectivity index (χ3n) is 4.88. The number of anilines is 3. The summed E-state index contributed by atoms with van der Waals surface area (Å²) in [4.78, 5) is 24.7. The molecule has 3 N–H and O–H groups in total. The van der Waals surface area contributed by atoms with Crippen LogP contribution in [0, 0.1) is 11.7 Å². The van der Waals surface area contributed by atoms with Crippen molar-refractivity contribution in [1.82, 2.24) is 0 Å². The molecule has 0 bridgehead atoms. The molecule has 0 radical (unpaired) electrons. The number of benzene rings is 3. The van der Waals surface area contributed by atoms with Gasteiger partial charge in [-0.05, 0) is 67.4 Å². The van der Waals surface area contributed by atoms with Crippen LogP contribution in [0.1, 0.15) is 23.2 Å². The highest BCUT2D eigenvalue weighted by atomic mass is 32.2. The summed E-state index contributed by atoms with van der Waals surface area (Å²) in [6.45, 7) is 0. The van der Waals surface area contributed by atoms with Crippen molar-refractivity contribution in [3.8, 4) is 0 Å². The predicted molar refractivity (Wildman–Crippen MR) is 119 cm³/mol. The Labute approximate surface area is 184 Å². The van der Waals surface area contributed by atoms with Gasteiger partial charge in [0.1, 0.15) is 5.82 Å². The maximum Gasteiger partial charge on any atom is 0.261 e. The number of amides is 2. The summed E-state index contributed by atoms with van der Waals surface area (Å²) < 4.78 is 40.8. The van der Waals surface area contributed by atoms with Gasteiger partial charge in [0.25, 0.3) is 15.9 Å². The number of carbonyl (C=O) groups excluding carboxylic acids is 2. The Morgan fingerprint density at radius 2 is 1.50 bits per heavy atom. The Kier molecular flexibility index (Phi) is 5.91. The molecule has 0 atom stereocenters. The number of hydrogen-bond donors (Lipinski definition) is 3. The Bertz CT molecular complexity index is 1270. The van der Waals surface area contributed by atoms with Crippen LogP contribution < -0.4 is 15.4 Å². The monoisotopic (exact) mass is 453 g/mol. The lowest BCUT2D eigenvalue weighted by atomic mass is 10.1. The Morgan fingerprint density at radius 1 is 0.844 bits per heavy atom. The molecule has 1 aliphatic carbocycles. The van der Waals surface area contributed by atoms with Gasteiger partial charge in [-0.1, -0.05) is 18.2 Å². The molecule has 3 aromatic carbocycles. The fourth-order valence-corrected chi connectivity index (χ4v) is 4.13. The fourth-order valence-electron chi connectivity index (χ4n) is 3.05. The van der Waals surface area contributed by atoms with E-state index in [0.717, 1.165) is 37.1 Å². The van der Waals surface area contributed by atoms with Crippen molar-refractivity contribution in [2.45, 2.75) is 17.7 Å². The van der Waals surface area contributed by atoms with Crippen molar-refractivity contribution < 1.29 is 22.4 Å². The average molecular weight is 453 g/mol. The molecule has 0 aromatic heterocycles. The molecule has 1 fully saturated rings. The van der Waals surface area contributed by atoms with Crippen LogP contribution in [-0.2, 0) is 14.8 Å². The van der Waals surface area contributed by atoms with E-state index in [2.05, 4.69) is 15.4 Å². The molecule has 0 aliphatic heterocycles. The average Bonchev–Trinajstić information content (AvgIpc) is 3.60.